The highest BCUT2D eigenvalue weighted by atomic mass is 32.1. The Hall–Kier alpha value is -0.380. The third-order valence-corrected chi connectivity index (χ3v) is 3.74. The van der Waals surface area contributed by atoms with Gasteiger partial charge >= 0.3 is 0 Å². The number of nitrogens with one attached hydrogen (secondary N) is 1. The lowest BCUT2D eigenvalue weighted by Gasteiger charge is -2.11. The zero-order valence-corrected chi connectivity index (χ0v) is 9.40. The second kappa shape index (κ2) is 4.91. The Kier molecular flexibility index (Phi) is 3.56. The van der Waals surface area contributed by atoms with Crippen molar-refractivity contribution < 1.29 is 4.74 Å². The Labute approximate surface area is 89.3 Å². The van der Waals surface area contributed by atoms with Gasteiger partial charge in [-0.25, -0.2) is 0 Å². The second-order valence-corrected chi connectivity index (χ2v) is 4.63. The van der Waals surface area contributed by atoms with E-state index in [1.54, 1.807) is 10.4 Å². The van der Waals surface area contributed by atoms with Gasteiger partial charge in [-0.05, 0) is 42.7 Å². The van der Waals surface area contributed by atoms with Gasteiger partial charge in [0.05, 0.1) is 6.73 Å². The molecule has 0 amide bonds. The van der Waals surface area contributed by atoms with E-state index in [9.17, 15) is 0 Å². The second-order valence-electron chi connectivity index (χ2n) is 3.63. The Morgan fingerprint density at radius 3 is 3.43 bits per heavy atom. The topological polar surface area (TPSA) is 21.3 Å². The Balaban J connectivity index is 1.78. The average Bonchev–Trinajstić information content (AvgIpc) is 2.75. The van der Waals surface area contributed by atoms with Gasteiger partial charge < -0.3 is 4.74 Å². The van der Waals surface area contributed by atoms with Gasteiger partial charge in [0.25, 0.3) is 0 Å². The number of rotatable bonds is 5. The SMILES string of the molecule is CCOCNCC1CCc2sccc21. The molecule has 0 aromatic carbocycles. The van der Waals surface area contributed by atoms with E-state index in [-0.39, 0.29) is 0 Å². The minimum atomic E-state index is 0.687. The Morgan fingerprint density at radius 1 is 1.64 bits per heavy atom. The molecule has 2 nitrogen and oxygen atoms in total. The van der Waals surface area contributed by atoms with E-state index in [0.717, 1.165) is 19.1 Å². The van der Waals surface area contributed by atoms with Crippen LogP contribution in [0, 0.1) is 0 Å². The van der Waals surface area contributed by atoms with Crippen molar-refractivity contribution in [3.05, 3.63) is 21.9 Å². The van der Waals surface area contributed by atoms with Gasteiger partial charge in [-0.3, -0.25) is 5.32 Å². The minimum absolute atomic E-state index is 0.687. The number of hydrogen-bond donors (Lipinski definition) is 1. The molecule has 0 saturated heterocycles. The van der Waals surface area contributed by atoms with Gasteiger partial charge in [-0.1, -0.05) is 0 Å². The summed E-state index contributed by atoms with van der Waals surface area (Å²) in [5.41, 5.74) is 1.57. The summed E-state index contributed by atoms with van der Waals surface area (Å²) in [4.78, 5) is 1.59. The van der Waals surface area contributed by atoms with Crippen LogP contribution in [0.15, 0.2) is 11.4 Å². The van der Waals surface area contributed by atoms with Crippen molar-refractivity contribution >= 4 is 11.3 Å². The van der Waals surface area contributed by atoms with E-state index >= 15 is 0 Å². The first-order chi connectivity index (χ1) is 6.92. The van der Waals surface area contributed by atoms with Crippen LogP contribution in [0.4, 0.5) is 0 Å². The Morgan fingerprint density at radius 2 is 2.57 bits per heavy atom. The van der Waals surface area contributed by atoms with Crippen LogP contribution in [-0.2, 0) is 11.2 Å². The fourth-order valence-electron chi connectivity index (χ4n) is 2.00. The predicted molar refractivity (Wildman–Crippen MR) is 59.9 cm³/mol. The van der Waals surface area contributed by atoms with Gasteiger partial charge in [0.2, 0.25) is 0 Å². The van der Waals surface area contributed by atoms with Crippen molar-refractivity contribution in [3.8, 4) is 0 Å². The molecule has 1 N–H and O–H groups in total. The van der Waals surface area contributed by atoms with Gasteiger partial charge in [0, 0.05) is 18.0 Å². The van der Waals surface area contributed by atoms with Crippen molar-refractivity contribution in [1.82, 2.24) is 5.32 Å². The van der Waals surface area contributed by atoms with Gasteiger partial charge in [0.1, 0.15) is 0 Å². The van der Waals surface area contributed by atoms with Gasteiger partial charge in [-0.2, -0.15) is 0 Å². The highest BCUT2D eigenvalue weighted by Gasteiger charge is 2.22. The van der Waals surface area contributed by atoms with Crippen molar-refractivity contribution in [1.29, 1.82) is 0 Å². The summed E-state index contributed by atoms with van der Waals surface area (Å²) in [6, 6.07) is 2.28. The number of ether oxygens (including phenoxy) is 1. The fraction of sp³-hybridized carbons (Fsp3) is 0.636. The van der Waals surface area contributed by atoms with Crippen LogP contribution in [0.2, 0.25) is 0 Å². The normalized spacial score (nSPS) is 19.9. The van der Waals surface area contributed by atoms with E-state index in [1.165, 1.54) is 12.8 Å². The van der Waals surface area contributed by atoms with Gasteiger partial charge in [-0.15, -0.1) is 11.3 Å². The third kappa shape index (κ3) is 2.16. The van der Waals surface area contributed by atoms with E-state index in [2.05, 4.69) is 16.8 Å². The first-order valence-corrected chi connectivity index (χ1v) is 6.14. The van der Waals surface area contributed by atoms with Crippen LogP contribution >= 0.6 is 11.3 Å². The molecular weight excluding hydrogens is 194 g/mol. The fourth-order valence-corrected chi connectivity index (χ4v) is 2.98. The van der Waals surface area contributed by atoms with Crippen molar-refractivity contribution in [2.75, 3.05) is 19.9 Å². The lowest BCUT2D eigenvalue weighted by Crippen LogP contribution is -2.23. The third-order valence-electron chi connectivity index (χ3n) is 2.74. The molecule has 1 unspecified atom stereocenters. The quantitative estimate of drug-likeness (QED) is 0.596. The maximum Gasteiger partial charge on any atom is 0.0965 e. The van der Waals surface area contributed by atoms with Crippen LogP contribution in [0.25, 0.3) is 0 Å². The zero-order chi connectivity index (χ0) is 9.80. The molecule has 0 aliphatic heterocycles. The molecule has 3 heteroatoms. The van der Waals surface area contributed by atoms with Crippen LogP contribution in [0.1, 0.15) is 29.7 Å². The summed E-state index contributed by atoms with van der Waals surface area (Å²) < 4.78 is 5.25. The molecule has 2 rings (SSSR count). The summed E-state index contributed by atoms with van der Waals surface area (Å²) in [6.45, 7) is 4.56. The monoisotopic (exact) mass is 211 g/mol. The zero-order valence-electron chi connectivity index (χ0n) is 8.58. The number of thiophene rings is 1. The molecule has 0 saturated carbocycles. The maximum absolute atomic E-state index is 5.25. The summed E-state index contributed by atoms with van der Waals surface area (Å²) in [6.07, 6.45) is 2.58. The molecule has 0 spiro atoms. The molecular formula is C11H17NOS. The van der Waals surface area contributed by atoms with Crippen molar-refractivity contribution in [3.63, 3.8) is 0 Å². The van der Waals surface area contributed by atoms with E-state index in [4.69, 9.17) is 4.74 Å². The average molecular weight is 211 g/mol. The molecule has 78 valence electrons. The highest BCUT2D eigenvalue weighted by molar-refractivity contribution is 7.10. The lowest BCUT2D eigenvalue weighted by molar-refractivity contribution is 0.127. The van der Waals surface area contributed by atoms with Crippen LogP contribution in [0.3, 0.4) is 0 Å². The van der Waals surface area contributed by atoms with Crippen LogP contribution < -0.4 is 5.32 Å². The molecule has 1 aromatic heterocycles. The first kappa shape index (κ1) is 10.1. The van der Waals surface area contributed by atoms with E-state index in [1.807, 2.05) is 18.3 Å². The maximum atomic E-state index is 5.25. The number of aryl methyl sites for hydroxylation is 1. The molecule has 14 heavy (non-hydrogen) atoms. The minimum Gasteiger partial charge on any atom is -0.367 e. The first-order valence-electron chi connectivity index (χ1n) is 5.26. The summed E-state index contributed by atoms with van der Waals surface area (Å²) in [5.74, 6) is 0.719. The van der Waals surface area contributed by atoms with Crippen LogP contribution in [-0.4, -0.2) is 19.9 Å². The van der Waals surface area contributed by atoms with E-state index < -0.39 is 0 Å². The highest BCUT2D eigenvalue weighted by Crippen LogP contribution is 2.35. The molecule has 0 radical (unpaired) electrons. The summed E-state index contributed by atoms with van der Waals surface area (Å²) in [5, 5.41) is 5.55. The smallest absolute Gasteiger partial charge is 0.0965 e. The predicted octanol–water partition coefficient (Wildman–Crippen LogP) is 2.36. The molecule has 1 aliphatic carbocycles. The largest absolute Gasteiger partial charge is 0.367 e. The summed E-state index contributed by atoms with van der Waals surface area (Å²) >= 11 is 1.90. The standard InChI is InChI=1S/C11H17NOS/c1-2-13-8-12-7-9-3-4-11-10(9)5-6-14-11/h5-6,9,12H,2-4,7-8H2,1H3. The van der Waals surface area contributed by atoms with Crippen molar-refractivity contribution in [2.45, 2.75) is 25.7 Å². The number of fused-ring (bicyclic) bond motifs is 1. The molecule has 0 bridgehead atoms. The molecule has 1 aliphatic rings. The molecule has 0 fully saturated rings. The van der Waals surface area contributed by atoms with Crippen LogP contribution in [0.5, 0.6) is 0 Å². The van der Waals surface area contributed by atoms with E-state index in [0.29, 0.717) is 6.73 Å². The Bertz CT molecular complexity index is 285. The van der Waals surface area contributed by atoms with Gasteiger partial charge in [0.15, 0.2) is 0 Å². The summed E-state index contributed by atoms with van der Waals surface area (Å²) in [7, 11) is 0. The van der Waals surface area contributed by atoms with Crippen molar-refractivity contribution in [2.24, 2.45) is 0 Å². The molecule has 1 aromatic rings. The lowest BCUT2D eigenvalue weighted by atomic mass is 10.0. The molecule has 1 atom stereocenters. The molecule has 1 heterocycles. The number of hydrogen-bond acceptors (Lipinski definition) is 3.